The number of unbranched alkanes of at least 4 members (excludes halogenated alkanes) is 3. The second-order valence-corrected chi connectivity index (χ2v) is 8.89. The van der Waals surface area contributed by atoms with Crippen molar-refractivity contribution in [2.45, 2.75) is 64.4 Å². The van der Waals surface area contributed by atoms with Gasteiger partial charge in [-0.2, -0.15) is 0 Å². The van der Waals surface area contributed by atoms with Gasteiger partial charge in [0.25, 0.3) is 0 Å². The van der Waals surface area contributed by atoms with Gasteiger partial charge in [-0.15, -0.1) is 0 Å². The summed E-state index contributed by atoms with van der Waals surface area (Å²) in [6, 6.07) is 21.5. The van der Waals surface area contributed by atoms with Gasteiger partial charge in [0.2, 0.25) is 0 Å². The molecule has 0 aromatic heterocycles. The molecule has 0 heterocycles. The summed E-state index contributed by atoms with van der Waals surface area (Å²) in [6.07, 6.45) is 8.91. The normalized spacial score (nSPS) is 26.0. The van der Waals surface area contributed by atoms with Gasteiger partial charge in [-0.25, -0.2) is 0 Å². The summed E-state index contributed by atoms with van der Waals surface area (Å²) in [6.45, 7) is 6.92. The number of aliphatic hydroxyl groups excluding tert-OH is 1. The molecule has 1 N–H and O–H groups in total. The molecule has 3 atom stereocenters. The van der Waals surface area contributed by atoms with Gasteiger partial charge >= 0.3 is 0 Å². The fraction of sp³-hybridized carbons (Fsp3) is 0.429. The second-order valence-electron chi connectivity index (χ2n) is 8.89. The van der Waals surface area contributed by atoms with Crippen molar-refractivity contribution in [2.24, 2.45) is 11.3 Å². The minimum absolute atomic E-state index is 0.137. The van der Waals surface area contributed by atoms with Crippen molar-refractivity contribution in [1.29, 1.82) is 0 Å². The fourth-order valence-electron chi connectivity index (χ4n) is 5.88. The van der Waals surface area contributed by atoms with Gasteiger partial charge in [0.15, 0.2) is 0 Å². The maximum absolute atomic E-state index is 11.0. The summed E-state index contributed by atoms with van der Waals surface area (Å²) in [4.78, 5) is 0. The van der Waals surface area contributed by atoms with Gasteiger partial charge in [-0.1, -0.05) is 99.0 Å². The van der Waals surface area contributed by atoms with Crippen LogP contribution in [-0.4, -0.2) is 11.2 Å². The van der Waals surface area contributed by atoms with Gasteiger partial charge < -0.3 is 5.11 Å². The molecule has 0 amide bonds. The van der Waals surface area contributed by atoms with E-state index >= 15 is 0 Å². The molecular formula is C28H34O. The van der Waals surface area contributed by atoms with Crippen LogP contribution in [0.5, 0.6) is 0 Å². The lowest BCUT2D eigenvalue weighted by Crippen LogP contribution is -2.29. The summed E-state index contributed by atoms with van der Waals surface area (Å²) >= 11 is 0. The van der Waals surface area contributed by atoms with E-state index in [4.69, 9.17) is 0 Å². The third kappa shape index (κ3) is 3.62. The minimum Gasteiger partial charge on any atom is -0.393 e. The lowest BCUT2D eigenvalue weighted by Gasteiger charge is -2.37. The molecule has 1 fully saturated rings. The highest BCUT2D eigenvalue weighted by molar-refractivity contribution is 5.90. The van der Waals surface area contributed by atoms with Crippen molar-refractivity contribution in [2.75, 3.05) is 0 Å². The molecule has 2 aromatic carbocycles. The highest BCUT2D eigenvalue weighted by Gasteiger charge is 2.56. The van der Waals surface area contributed by atoms with E-state index in [1.165, 1.54) is 48.0 Å². The summed E-state index contributed by atoms with van der Waals surface area (Å²) in [5.41, 5.74) is 6.64. The molecule has 29 heavy (non-hydrogen) atoms. The first-order valence-electron chi connectivity index (χ1n) is 11.4. The Hall–Kier alpha value is -2.12. The van der Waals surface area contributed by atoms with Crippen molar-refractivity contribution < 1.29 is 5.11 Å². The van der Waals surface area contributed by atoms with Gasteiger partial charge in [-0.05, 0) is 54.4 Å². The van der Waals surface area contributed by atoms with Crippen LogP contribution in [0.1, 0.15) is 69.4 Å². The summed E-state index contributed by atoms with van der Waals surface area (Å²) in [5.74, 6) is 0.256. The Balaban J connectivity index is 1.80. The average molecular weight is 387 g/mol. The first-order chi connectivity index (χ1) is 14.2. The van der Waals surface area contributed by atoms with Crippen molar-refractivity contribution in [3.8, 4) is 0 Å². The molecular weight excluding hydrogens is 352 g/mol. The largest absolute Gasteiger partial charge is 0.393 e. The highest BCUT2D eigenvalue weighted by Crippen LogP contribution is 2.66. The van der Waals surface area contributed by atoms with E-state index in [0.717, 1.165) is 25.7 Å². The number of hydrogen-bond acceptors (Lipinski definition) is 1. The Labute approximate surface area is 176 Å². The number of benzene rings is 2. The molecule has 0 bridgehead atoms. The lowest BCUT2D eigenvalue weighted by molar-refractivity contribution is 0.120. The van der Waals surface area contributed by atoms with Crippen LogP contribution in [-0.2, 0) is 0 Å². The van der Waals surface area contributed by atoms with Crippen LogP contribution >= 0.6 is 0 Å². The molecule has 1 nitrogen and oxygen atoms in total. The number of rotatable bonds is 8. The first kappa shape index (κ1) is 20.2. The van der Waals surface area contributed by atoms with Crippen LogP contribution in [0.15, 0.2) is 72.8 Å². The van der Waals surface area contributed by atoms with E-state index in [1.54, 1.807) is 5.57 Å². The average Bonchev–Trinajstić information content (AvgIpc) is 3.27. The molecule has 0 spiro atoms. The van der Waals surface area contributed by atoms with Gasteiger partial charge in [-0.3, -0.25) is 0 Å². The molecule has 0 saturated heterocycles. The van der Waals surface area contributed by atoms with E-state index in [0.29, 0.717) is 0 Å². The molecule has 1 saturated carbocycles. The van der Waals surface area contributed by atoms with Crippen molar-refractivity contribution in [3.63, 3.8) is 0 Å². The molecule has 2 aliphatic rings. The third-order valence-corrected chi connectivity index (χ3v) is 7.25. The molecule has 4 rings (SSSR count). The zero-order valence-electron chi connectivity index (χ0n) is 17.7. The van der Waals surface area contributed by atoms with E-state index < -0.39 is 0 Å². The minimum atomic E-state index is -0.234. The standard InChI is InChI=1S/C28H34O/c1-3-4-5-8-17-24-20-25-26(29)18-19-28(25,21(2)22-13-9-6-10-14-22)27(24)23-15-11-7-12-16-23/h6-7,9-16,25-26,29H,2-5,8,17-20H2,1H3/t25-,26-,28-/m0/s1. The maximum Gasteiger partial charge on any atom is 0.0583 e. The van der Waals surface area contributed by atoms with Crippen molar-refractivity contribution >= 4 is 11.1 Å². The van der Waals surface area contributed by atoms with E-state index in [2.05, 4.69) is 74.2 Å². The predicted molar refractivity (Wildman–Crippen MR) is 123 cm³/mol. The Morgan fingerprint density at radius 2 is 1.69 bits per heavy atom. The number of allylic oxidation sites excluding steroid dienone is 3. The van der Waals surface area contributed by atoms with Crippen LogP contribution < -0.4 is 0 Å². The van der Waals surface area contributed by atoms with Crippen LogP contribution in [0.3, 0.4) is 0 Å². The Bertz CT molecular complexity index is 864. The van der Waals surface area contributed by atoms with Gasteiger partial charge in [0.1, 0.15) is 0 Å². The lowest BCUT2D eigenvalue weighted by atomic mass is 9.66. The summed E-state index contributed by atoms with van der Waals surface area (Å²) < 4.78 is 0. The maximum atomic E-state index is 11.0. The van der Waals surface area contributed by atoms with Crippen molar-refractivity contribution in [3.05, 3.63) is 83.9 Å². The smallest absolute Gasteiger partial charge is 0.0583 e. The monoisotopic (exact) mass is 386 g/mol. The van der Waals surface area contributed by atoms with Gasteiger partial charge in [0.05, 0.1) is 6.10 Å². The van der Waals surface area contributed by atoms with E-state index in [9.17, 15) is 5.11 Å². The summed E-state index contributed by atoms with van der Waals surface area (Å²) in [5, 5.41) is 11.0. The molecule has 152 valence electrons. The molecule has 0 unspecified atom stereocenters. The Kier molecular flexibility index (Phi) is 6.06. The van der Waals surface area contributed by atoms with E-state index in [1.807, 2.05) is 0 Å². The molecule has 0 radical (unpaired) electrons. The quantitative estimate of drug-likeness (QED) is 0.472. The second kappa shape index (κ2) is 8.71. The number of fused-ring (bicyclic) bond motifs is 1. The zero-order chi connectivity index (χ0) is 20.3. The third-order valence-electron chi connectivity index (χ3n) is 7.25. The fourth-order valence-corrected chi connectivity index (χ4v) is 5.88. The SMILES string of the molecule is C=C(c1ccccc1)[C@@]12CC[C@H](O)[C@@H]1CC(CCCCCC)=C2c1ccccc1. The number of hydrogen-bond donors (Lipinski definition) is 1. The first-order valence-corrected chi connectivity index (χ1v) is 11.4. The zero-order valence-corrected chi connectivity index (χ0v) is 17.7. The van der Waals surface area contributed by atoms with Gasteiger partial charge in [0, 0.05) is 11.3 Å². The van der Waals surface area contributed by atoms with E-state index in [-0.39, 0.29) is 17.4 Å². The topological polar surface area (TPSA) is 20.2 Å². The summed E-state index contributed by atoms with van der Waals surface area (Å²) in [7, 11) is 0. The van der Waals surface area contributed by atoms with Crippen LogP contribution in [0.4, 0.5) is 0 Å². The molecule has 1 heteroatoms. The highest BCUT2D eigenvalue weighted by atomic mass is 16.3. The predicted octanol–water partition coefficient (Wildman–Crippen LogP) is 7.29. The molecule has 2 aromatic rings. The molecule has 2 aliphatic carbocycles. The van der Waals surface area contributed by atoms with Crippen LogP contribution in [0.25, 0.3) is 11.1 Å². The van der Waals surface area contributed by atoms with Crippen molar-refractivity contribution in [1.82, 2.24) is 0 Å². The van der Waals surface area contributed by atoms with Crippen LogP contribution in [0, 0.1) is 11.3 Å². The number of aliphatic hydroxyl groups is 1. The molecule has 0 aliphatic heterocycles. The van der Waals surface area contributed by atoms with Crippen LogP contribution in [0.2, 0.25) is 0 Å². The Morgan fingerprint density at radius 1 is 1.00 bits per heavy atom. The Morgan fingerprint density at radius 3 is 2.38 bits per heavy atom.